The second-order valence-corrected chi connectivity index (χ2v) is 8.16. The molecule has 0 fully saturated rings. The van der Waals surface area contributed by atoms with Gasteiger partial charge in [0.1, 0.15) is 17.7 Å². The summed E-state index contributed by atoms with van der Waals surface area (Å²) >= 11 is 1.32. The maximum absolute atomic E-state index is 14.2. The zero-order chi connectivity index (χ0) is 20.4. The Kier molecular flexibility index (Phi) is 5.45. The molecule has 1 aliphatic rings. The maximum Gasteiger partial charge on any atom is 0.224 e. The Morgan fingerprint density at radius 2 is 1.97 bits per heavy atom. The molecule has 0 bridgehead atoms. The summed E-state index contributed by atoms with van der Waals surface area (Å²) in [7, 11) is 0. The third kappa shape index (κ3) is 4.38. The molecule has 1 N–H and O–H groups in total. The molecule has 1 aromatic heterocycles. The van der Waals surface area contributed by atoms with E-state index in [-0.39, 0.29) is 23.6 Å². The van der Waals surface area contributed by atoms with Crippen molar-refractivity contribution >= 4 is 23.0 Å². The number of nitrogens with one attached hydrogen (secondary N) is 1. The van der Waals surface area contributed by atoms with Crippen molar-refractivity contribution in [3.05, 3.63) is 76.4 Å². The summed E-state index contributed by atoms with van der Waals surface area (Å²) in [6.07, 6.45) is 0.581. The molecule has 1 amide bonds. The lowest BCUT2D eigenvalue weighted by Gasteiger charge is -2.13. The molecule has 3 aromatic rings. The van der Waals surface area contributed by atoms with Gasteiger partial charge in [-0.25, -0.2) is 4.39 Å². The summed E-state index contributed by atoms with van der Waals surface area (Å²) in [6, 6.07) is 16.0. The number of fused-ring (bicyclic) bond motifs is 1. The molecule has 29 heavy (non-hydrogen) atoms. The van der Waals surface area contributed by atoms with E-state index in [1.165, 1.54) is 30.4 Å². The predicted octanol–water partition coefficient (Wildman–Crippen LogP) is 4.42. The van der Waals surface area contributed by atoms with Crippen molar-refractivity contribution < 1.29 is 18.7 Å². The van der Waals surface area contributed by atoms with Crippen LogP contribution in [0.2, 0.25) is 0 Å². The number of carbonyl (C=O) groups is 2. The molecular weight excluding hydrogens is 389 g/mol. The highest BCUT2D eigenvalue weighted by Crippen LogP contribution is 2.42. The van der Waals surface area contributed by atoms with Crippen LogP contribution < -0.4 is 10.1 Å². The van der Waals surface area contributed by atoms with Gasteiger partial charge in [-0.15, -0.1) is 11.3 Å². The number of ketones is 1. The first-order chi connectivity index (χ1) is 14.0. The number of hydrogen-bond donors (Lipinski definition) is 1. The summed E-state index contributed by atoms with van der Waals surface area (Å²) in [5.74, 6) is 0.195. The van der Waals surface area contributed by atoms with Crippen molar-refractivity contribution in [2.24, 2.45) is 0 Å². The van der Waals surface area contributed by atoms with Gasteiger partial charge in [-0.3, -0.25) is 9.59 Å². The van der Waals surface area contributed by atoms with Crippen LogP contribution in [-0.2, 0) is 17.6 Å². The molecule has 0 radical (unpaired) electrons. The van der Waals surface area contributed by atoms with Crippen LogP contribution in [0.3, 0.4) is 0 Å². The Morgan fingerprint density at radius 1 is 1.17 bits per heavy atom. The van der Waals surface area contributed by atoms with Gasteiger partial charge >= 0.3 is 0 Å². The van der Waals surface area contributed by atoms with E-state index in [0.29, 0.717) is 35.6 Å². The highest BCUT2D eigenvalue weighted by Gasteiger charge is 2.28. The number of ether oxygens (including phenoxy) is 1. The molecule has 1 atom stereocenters. The van der Waals surface area contributed by atoms with Crippen molar-refractivity contribution in [3.63, 3.8) is 0 Å². The third-order valence-corrected chi connectivity index (χ3v) is 6.03. The van der Waals surface area contributed by atoms with E-state index in [0.717, 1.165) is 16.0 Å². The van der Waals surface area contributed by atoms with E-state index in [4.69, 9.17) is 4.74 Å². The highest BCUT2D eigenvalue weighted by molar-refractivity contribution is 7.17. The fourth-order valence-electron chi connectivity index (χ4n) is 3.43. The zero-order valence-electron chi connectivity index (χ0n) is 15.9. The molecule has 1 aliphatic heterocycles. The topological polar surface area (TPSA) is 55.4 Å². The summed E-state index contributed by atoms with van der Waals surface area (Å²) in [5, 5.41) is 2.90. The molecule has 0 aliphatic carbocycles. The lowest BCUT2D eigenvalue weighted by Crippen LogP contribution is -2.35. The predicted molar refractivity (Wildman–Crippen MR) is 111 cm³/mol. The van der Waals surface area contributed by atoms with Gasteiger partial charge in [0.2, 0.25) is 5.91 Å². The smallest absolute Gasteiger partial charge is 0.224 e. The first kappa shape index (κ1) is 19.3. The minimum absolute atomic E-state index is 0.0192. The molecule has 6 heteroatoms. The minimum Gasteiger partial charge on any atom is -0.487 e. The third-order valence-electron chi connectivity index (χ3n) is 4.82. The largest absolute Gasteiger partial charge is 0.487 e. The lowest BCUT2D eigenvalue weighted by atomic mass is 10.0. The lowest BCUT2D eigenvalue weighted by molar-refractivity contribution is -0.120. The number of benzene rings is 2. The average Bonchev–Trinajstić information content (AvgIpc) is 3.33. The molecule has 2 heterocycles. The molecule has 0 spiro atoms. The fourth-order valence-corrected chi connectivity index (χ4v) is 4.35. The van der Waals surface area contributed by atoms with E-state index in [1.54, 1.807) is 6.07 Å². The number of Topliss-reactive ketones (excluding diaryl/α,β-unsaturated/α-hetero) is 1. The van der Waals surface area contributed by atoms with Crippen LogP contribution in [0.1, 0.15) is 27.7 Å². The van der Waals surface area contributed by atoms with Crippen LogP contribution in [0.4, 0.5) is 4.39 Å². The molecular formula is C23H20FNO3S. The first-order valence-electron chi connectivity index (χ1n) is 9.40. The van der Waals surface area contributed by atoms with Gasteiger partial charge in [-0.1, -0.05) is 30.3 Å². The number of rotatable bonds is 6. The second-order valence-electron chi connectivity index (χ2n) is 7.07. The van der Waals surface area contributed by atoms with Gasteiger partial charge in [0.05, 0.1) is 17.8 Å². The standard InChI is InChI=1S/C23H20FNO3S/c1-14(26)20-7-8-21(29-20)19-12-17(24)10-16-11-18(28-23(16)19)13-25-22(27)9-15-5-3-2-4-6-15/h2-8,10,12,18H,9,11,13H2,1H3,(H,25,27)/t18-/m0/s1. The Balaban J connectivity index is 1.45. The number of halogens is 1. The van der Waals surface area contributed by atoms with E-state index in [2.05, 4.69) is 5.32 Å². The summed E-state index contributed by atoms with van der Waals surface area (Å²) in [5.41, 5.74) is 2.37. The van der Waals surface area contributed by atoms with Crippen molar-refractivity contribution in [1.29, 1.82) is 0 Å². The Labute approximate surface area is 172 Å². The van der Waals surface area contributed by atoms with Crippen LogP contribution in [0.5, 0.6) is 5.75 Å². The summed E-state index contributed by atoms with van der Waals surface area (Å²) in [6.45, 7) is 1.86. The molecule has 4 rings (SSSR count). The van der Waals surface area contributed by atoms with E-state index < -0.39 is 0 Å². The minimum atomic E-state index is -0.339. The summed E-state index contributed by atoms with van der Waals surface area (Å²) < 4.78 is 20.2. The fraction of sp³-hybridized carbons (Fsp3) is 0.217. The molecule has 4 nitrogen and oxygen atoms in total. The van der Waals surface area contributed by atoms with Crippen LogP contribution in [0.15, 0.2) is 54.6 Å². The molecule has 0 saturated heterocycles. The van der Waals surface area contributed by atoms with Crippen molar-refractivity contribution in [3.8, 4) is 16.2 Å². The normalized spacial score (nSPS) is 14.9. The first-order valence-corrected chi connectivity index (χ1v) is 10.2. The highest BCUT2D eigenvalue weighted by atomic mass is 32.1. The maximum atomic E-state index is 14.2. The molecule has 2 aromatic carbocycles. The number of hydrogen-bond acceptors (Lipinski definition) is 4. The van der Waals surface area contributed by atoms with Crippen LogP contribution in [0, 0.1) is 5.82 Å². The van der Waals surface area contributed by atoms with Crippen molar-refractivity contribution in [2.75, 3.05) is 6.54 Å². The van der Waals surface area contributed by atoms with Gasteiger partial charge in [0.25, 0.3) is 0 Å². The van der Waals surface area contributed by atoms with Gasteiger partial charge in [0.15, 0.2) is 5.78 Å². The molecule has 0 saturated carbocycles. The van der Waals surface area contributed by atoms with Gasteiger partial charge in [0, 0.05) is 22.4 Å². The van der Waals surface area contributed by atoms with Gasteiger partial charge in [-0.2, -0.15) is 0 Å². The number of amides is 1. The quantitative estimate of drug-likeness (QED) is 0.613. The van der Waals surface area contributed by atoms with Gasteiger partial charge < -0.3 is 10.1 Å². The molecule has 148 valence electrons. The SMILES string of the molecule is CC(=O)c1ccc(-c2cc(F)cc3c2O[C@H](CNC(=O)Cc2ccccc2)C3)s1. The second kappa shape index (κ2) is 8.17. The Hall–Kier alpha value is -2.99. The van der Waals surface area contributed by atoms with Crippen molar-refractivity contribution in [2.45, 2.75) is 25.9 Å². The van der Waals surface area contributed by atoms with E-state index in [9.17, 15) is 14.0 Å². The van der Waals surface area contributed by atoms with Crippen LogP contribution in [0.25, 0.3) is 10.4 Å². The zero-order valence-corrected chi connectivity index (χ0v) is 16.7. The van der Waals surface area contributed by atoms with Gasteiger partial charge in [-0.05, 0) is 36.8 Å². The average molecular weight is 409 g/mol. The van der Waals surface area contributed by atoms with Crippen molar-refractivity contribution in [1.82, 2.24) is 5.32 Å². The number of carbonyl (C=O) groups excluding carboxylic acids is 2. The van der Waals surface area contributed by atoms with Crippen LogP contribution in [-0.4, -0.2) is 24.3 Å². The van der Waals surface area contributed by atoms with Crippen LogP contribution >= 0.6 is 11.3 Å². The Morgan fingerprint density at radius 3 is 2.69 bits per heavy atom. The van der Waals surface area contributed by atoms with E-state index in [1.807, 2.05) is 36.4 Å². The monoisotopic (exact) mass is 409 g/mol. The molecule has 0 unspecified atom stereocenters. The summed E-state index contributed by atoms with van der Waals surface area (Å²) in [4.78, 5) is 25.2. The van der Waals surface area contributed by atoms with E-state index >= 15 is 0 Å². The Bertz CT molecular complexity index is 1060. The number of thiophene rings is 1.